The van der Waals surface area contributed by atoms with Crippen LogP contribution in [-0.4, -0.2) is 19.1 Å². The Balaban J connectivity index is 2.91. The zero-order valence-corrected chi connectivity index (χ0v) is 7.15. The lowest BCUT2D eigenvalue weighted by molar-refractivity contribution is 0.580. The van der Waals surface area contributed by atoms with E-state index in [1.54, 1.807) is 0 Å². The number of hydrogen-bond acceptors (Lipinski definition) is 2. The normalized spacial score (nSPS) is 11.2. The van der Waals surface area contributed by atoms with Crippen molar-refractivity contribution in [2.75, 3.05) is 13.1 Å². The highest BCUT2D eigenvalue weighted by Crippen LogP contribution is 1.72. The van der Waals surface area contributed by atoms with E-state index in [2.05, 4.69) is 24.5 Å². The fraction of sp³-hybridized carbons (Fsp3) is 0.750. The molecule has 0 aliphatic heterocycles. The van der Waals surface area contributed by atoms with Crippen LogP contribution in [-0.2, 0) is 0 Å². The largest absolute Gasteiger partial charge is 0.390 e. The first-order valence-electron chi connectivity index (χ1n) is 3.85. The van der Waals surface area contributed by atoms with Gasteiger partial charge in [0.15, 0.2) is 0 Å². The van der Waals surface area contributed by atoms with Gasteiger partial charge in [-0.05, 0) is 13.1 Å². The van der Waals surface area contributed by atoms with Crippen LogP contribution in [0.15, 0.2) is 12.3 Å². The van der Waals surface area contributed by atoms with Crippen LogP contribution in [0.1, 0.15) is 20.8 Å². The standard InChI is InChI=1S/C8H18N2/c1-4-5-9-6-7-10-8(2)3/h4-5,8-10H,6-7H2,1-3H3. The van der Waals surface area contributed by atoms with Crippen molar-refractivity contribution in [1.82, 2.24) is 10.6 Å². The third kappa shape index (κ3) is 7.50. The first-order valence-corrected chi connectivity index (χ1v) is 3.85. The van der Waals surface area contributed by atoms with Gasteiger partial charge in [0.1, 0.15) is 0 Å². The minimum absolute atomic E-state index is 0.590. The van der Waals surface area contributed by atoms with Gasteiger partial charge in [0, 0.05) is 19.1 Å². The third-order valence-corrected chi connectivity index (χ3v) is 1.11. The lowest BCUT2D eigenvalue weighted by Gasteiger charge is -2.06. The van der Waals surface area contributed by atoms with E-state index in [1.165, 1.54) is 0 Å². The van der Waals surface area contributed by atoms with Crippen molar-refractivity contribution in [3.05, 3.63) is 12.3 Å². The van der Waals surface area contributed by atoms with Crippen molar-refractivity contribution in [2.45, 2.75) is 26.8 Å². The van der Waals surface area contributed by atoms with Gasteiger partial charge in [0.05, 0.1) is 0 Å². The molecule has 0 aromatic rings. The average Bonchev–Trinajstić information content (AvgIpc) is 1.87. The topological polar surface area (TPSA) is 24.1 Å². The molecule has 0 unspecified atom stereocenters. The first kappa shape index (κ1) is 9.50. The second-order valence-corrected chi connectivity index (χ2v) is 2.56. The monoisotopic (exact) mass is 142 g/mol. The maximum atomic E-state index is 3.31. The molecule has 0 rings (SSSR count). The minimum atomic E-state index is 0.590. The smallest absolute Gasteiger partial charge is 0.0266 e. The molecule has 2 heteroatoms. The van der Waals surface area contributed by atoms with Gasteiger partial charge in [-0.25, -0.2) is 0 Å². The highest BCUT2D eigenvalue weighted by molar-refractivity contribution is 4.74. The molecule has 0 aliphatic rings. The predicted octanol–water partition coefficient (Wildman–Crippen LogP) is 1.11. The molecule has 0 aliphatic carbocycles. The Morgan fingerprint density at radius 2 is 2.00 bits per heavy atom. The second kappa shape index (κ2) is 6.62. The van der Waals surface area contributed by atoms with E-state index in [1.807, 2.05) is 19.2 Å². The highest BCUT2D eigenvalue weighted by atomic mass is 14.9. The molecule has 0 saturated heterocycles. The summed E-state index contributed by atoms with van der Waals surface area (Å²) in [5, 5.41) is 6.46. The van der Waals surface area contributed by atoms with Gasteiger partial charge < -0.3 is 10.6 Å². The molecule has 2 nitrogen and oxygen atoms in total. The van der Waals surface area contributed by atoms with Gasteiger partial charge >= 0.3 is 0 Å². The third-order valence-electron chi connectivity index (χ3n) is 1.11. The minimum Gasteiger partial charge on any atom is -0.390 e. The predicted molar refractivity (Wildman–Crippen MR) is 46.0 cm³/mol. The fourth-order valence-corrected chi connectivity index (χ4v) is 0.634. The Bertz CT molecular complexity index is 87.3. The van der Waals surface area contributed by atoms with Gasteiger partial charge in [-0.1, -0.05) is 19.9 Å². The SMILES string of the molecule is CC=CNCCNC(C)C. The van der Waals surface area contributed by atoms with E-state index < -0.39 is 0 Å². The fourth-order valence-electron chi connectivity index (χ4n) is 0.634. The van der Waals surface area contributed by atoms with Crippen LogP contribution in [0.2, 0.25) is 0 Å². The van der Waals surface area contributed by atoms with Gasteiger partial charge in [-0.2, -0.15) is 0 Å². The van der Waals surface area contributed by atoms with E-state index in [9.17, 15) is 0 Å². The molecule has 0 amide bonds. The Morgan fingerprint density at radius 3 is 2.50 bits per heavy atom. The van der Waals surface area contributed by atoms with Crippen LogP contribution >= 0.6 is 0 Å². The van der Waals surface area contributed by atoms with E-state index in [-0.39, 0.29) is 0 Å². The number of nitrogens with one attached hydrogen (secondary N) is 2. The summed E-state index contributed by atoms with van der Waals surface area (Å²) in [6, 6.07) is 0.590. The quantitative estimate of drug-likeness (QED) is 0.562. The van der Waals surface area contributed by atoms with Crippen LogP contribution < -0.4 is 10.6 Å². The molecule has 2 N–H and O–H groups in total. The molecule has 0 bridgehead atoms. The van der Waals surface area contributed by atoms with Crippen LogP contribution in [0.25, 0.3) is 0 Å². The summed E-state index contributed by atoms with van der Waals surface area (Å²) in [5.41, 5.74) is 0. The van der Waals surface area contributed by atoms with Gasteiger partial charge in [-0.15, -0.1) is 0 Å². The Hall–Kier alpha value is -0.500. The van der Waals surface area contributed by atoms with Crippen molar-refractivity contribution in [3.8, 4) is 0 Å². The lowest BCUT2D eigenvalue weighted by atomic mass is 10.4. The maximum absolute atomic E-state index is 3.31. The van der Waals surface area contributed by atoms with E-state index in [4.69, 9.17) is 0 Å². The van der Waals surface area contributed by atoms with Crippen LogP contribution in [0.4, 0.5) is 0 Å². The number of rotatable bonds is 5. The number of hydrogen-bond donors (Lipinski definition) is 2. The Morgan fingerprint density at radius 1 is 1.30 bits per heavy atom. The Labute approximate surface area is 63.7 Å². The average molecular weight is 142 g/mol. The van der Waals surface area contributed by atoms with Crippen LogP contribution in [0.3, 0.4) is 0 Å². The zero-order chi connectivity index (χ0) is 7.82. The van der Waals surface area contributed by atoms with Gasteiger partial charge in [0.2, 0.25) is 0 Å². The summed E-state index contributed by atoms with van der Waals surface area (Å²) in [7, 11) is 0. The van der Waals surface area contributed by atoms with Crippen LogP contribution in [0, 0.1) is 0 Å². The van der Waals surface area contributed by atoms with Crippen LogP contribution in [0.5, 0.6) is 0 Å². The molecular formula is C8H18N2. The summed E-state index contributed by atoms with van der Waals surface area (Å²) >= 11 is 0. The molecule has 0 fully saturated rings. The Kier molecular flexibility index (Phi) is 6.29. The highest BCUT2D eigenvalue weighted by Gasteiger charge is 1.87. The zero-order valence-electron chi connectivity index (χ0n) is 7.15. The van der Waals surface area contributed by atoms with E-state index >= 15 is 0 Å². The second-order valence-electron chi connectivity index (χ2n) is 2.56. The van der Waals surface area contributed by atoms with Crippen molar-refractivity contribution in [3.63, 3.8) is 0 Å². The molecule has 0 heterocycles. The van der Waals surface area contributed by atoms with Crippen molar-refractivity contribution < 1.29 is 0 Å². The summed E-state index contributed by atoms with van der Waals surface area (Å²) in [6.45, 7) is 8.33. The van der Waals surface area contributed by atoms with E-state index in [0.717, 1.165) is 13.1 Å². The lowest BCUT2D eigenvalue weighted by Crippen LogP contribution is -2.29. The molecular weight excluding hydrogens is 124 g/mol. The maximum Gasteiger partial charge on any atom is 0.0266 e. The van der Waals surface area contributed by atoms with Crippen molar-refractivity contribution >= 4 is 0 Å². The van der Waals surface area contributed by atoms with Gasteiger partial charge in [0.25, 0.3) is 0 Å². The molecule has 10 heavy (non-hydrogen) atoms. The summed E-state index contributed by atoms with van der Waals surface area (Å²) in [6.07, 6.45) is 3.96. The van der Waals surface area contributed by atoms with Gasteiger partial charge in [-0.3, -0.25) is 0 Å². The van der Waals surface area contributed by atoms with Crippen molar-refractivity contribution in [1.29, 1.82) is 0 Å². The summed E-state index contributed by atoms with van der Waals surface area (Å²) in [5.74, 6) is 0. The molecule has 0 aromatic heterocycles. The molecule has 0 radical (unpaired) electrons. The molecule has 0 atom stereocenters. The van der Waals surface area contributed by atoms with Crippen molar-refractivity contribution in [2.24, 2.45) is 0 Å². The molecule has 0 aromatic carbocycles. The number of allylic oxidation sites excluding steroid dienone is 1. The molecule has 0 saturated carbocycles. The molecule has 60 valence electrons. The summed E-state index contributed by atoms with van der Waals surface area (Å²) < 4.78 is 0. The molecule has 0 spiro atoms. The first-order chi connectivity index (χ1) is 4.77. The summed E-state index contributed by atoms with van der Waals surface area (Å²) in [4.78, 5) is 0. The van der Waals surface area contributed by atoms with E-state index in [0.29, 0.717) is 6.04 Å².